The molecule has 0 aromatic heterocycles. The van der Waals surface area contributed by atoms with Crippen molar-refractivity contribution in [2.24, 2.45) is 0 Å². The smallest absolute Gasteiger partial charge is 0.197 e. The maximum atomic E-state index is 13.1. The minimum absolute atomic E-state index is 0.160. The van der Waals surface area contributed by atoms with Gasteiger partial charge in [0, 0.05) is 34.5 Å². The Balaban J connectivity index is 1.23. The lowest BCUT2D eigenvalue weighted by Crippen LogP contribution is -2.26. The van der Waals surface area contributed by atoms with Crippen molar-refractivity contribution < 1.29 is 9.59 Å². The van der Waals surface area contributed by atoms with Gasteiger partial charge in [-0.3, -0.25) is 9.59 Å². The van der Waals surface area contributed by atoms with Gasteiger partial charge in [0.25, 0.3) is 0 Å². The first-order chi connectivity index (χ1) is 18.1. The van der Waals surface area contributed by atoms with Gasteiger partial charge in [0.1, 0.15) is 0 Å². The number of ketones is 2. The van der Waals surface area contributed by atoms with Crippen molar-refractivity contribution >= 4 is 34.6 Å². The van der Waals surface area contributed by atoms with E-state index < -0.39 is 0 Å². The van der Waals surface area contributed by atoms with Crippen LogP contribution >= 0.6 is 0 Å². The summed E-state index contributed by atoms with van der Waals surface area (Å²) in [6.07, 6.45) is 14.4. The van der Waals surface area contributed by atoms with E-state index in [4.69, 9.17) is 0 Å². The zero-order valence-electron chi connectivity index (χ0n) is 21.0. The Kier molecular flexibility index (Phi) is 5.14. The molecule has 1 fully saturated rings. The van der Waals surface area contributed by atoms with Crippen LogP contribution in [-0.2, 0) is 0 Å². The monoisotopic (exact) mass is 483 g/mol. The molecule has 0 saturated heterocycles. The molecule has 0 bridgehead atoms. The Bertz CT molecular complexity index is 1550. The Morgan fingerprint density at radius 3 is 2.51 bits per heavy atom. The Labute approximate surface area is 217 Å². The average molecular weight is 484 g/mol. The van der Waals surface area contributed by atoms with Crippen LogP contribution in [0.15, 0.2) is 84.5 Å². The van der Waals surface area contributed by atoms with Gasteiger partial charge in [-0.2, -0.15) is 0 Å². The molecule has 2 unspecified atom stereocenters. The largest absolute Gasteiger partial charge is 0.338 e. The number of aryl methyl sites for hydroxylation is 1. The van der Waals surface area contributed by atoms with Crippen LogP contribution in [0.5, 0.6) is 0 Å². The Morgan fingerprint density at radius 1 is 0.865 bits per heavy atom. The quantitative estimate of drug-likeness (QED) is 0.280. The van der Waals surface area contributed by atoms with E-state index in [1.807, 2.05) is 19.1 Å². The number of hydrogen-bond donors (Lipinski definition) is 0. The minimum atomic E-state index is -0.163. The number of hydrogen-bond acceptors (Lipinski definition) is 3. The second kappa shape index (κ2) is 8.55. The fourth-order valence-corrected chi connectivity index (χ4v) is 6.68. The van der Waals surface area contributed by atoms with Crippen molar-refractivity contribution in [3.05, 3.63) is 118 Å². The van der Waals surface area contributed by atoms with Crippen LogP contribution in [0.25, 0.3) is 11.6 Å². The van der Waals surface area contributed by atoms with Gasteiger partial charge in [-0.1, -0.05) is 60.5 Å². The highest BCUT2D eigenvalue weighted by Gasteiger charge is 2.42. The number of Topliss-reactive ketones (excluding diaryl/α,β-unsaturated/α-hetero) is 2. The van der Waals surface area contributed by atoms with E-state index in [9.17, 15) is 9.59 Å². The fraction of sp³-hybridized carbons (Fsp3) is 0.235. The molecule has 182 valence electrons. The highest BCUT2D eigenvalue weighted by atomic mass is 16.2. The van der Waals surface area contributed by atoms with Crippen molar-refractivity contribution in [1.82, 2.24) is 0 Å². The number of fused-ring (bicyclic) bond motifs is 4. The maximum absolute atomic E-state index is 13.1. The van der Waals surface area contributed by atoms with Gasteiger partial charge >= 0.3 is 0 Å². The fourth-order valence-electron chi connectivity index (χ4n) is 6.68. The third kappa shape index (κ3) is 3.56. The second-order valence-corrected chi connectivity index (χ2v) is 10.7. The normalized spacial score (nSPS) is 22.9. The summed E-state index contributed by atoms with van der Waals surface area (Å²) < 4.78 is 0. The van der Waals surface area contributed by atoms with Crippen LogP contribution < -0.4 is 4.90 Å². The van der Waals surface area contributed by atoms with Gasteiger partial charge < -0.3 is 4.90 Å². The van der Waals surface area contributed by atoms with Crippen molar-refractivity contribution in [3.63, 3.8) is 0 Å². The average Bonchev–Trinajstić information content (AvgIpc) is 3.58. The summed E-state index contributed by atoms with van der Waals surface area (Å²) in [4.78, 5) is 28.6. The van der Waals surface area contributed by atoms with E-state index in [0.717, 1.165) is 24.0 Å². The van der Waals surface area contributed by atoms with Crippen LogP contribution in [0.4, 0.5) is 11.4 Å². The first-order valence-electron chi connectivity index (χ1n) is 13.4. The lowest BCUT2D eigenvalue weighted by Gasteiger charge is -2.27. The highest BCUT2D eigenvalue weighted by molar-refractivity contribution is 6.41. The molecule has 7 rings (SSSR count). The molecule has 2 atom stereocenters. The number of carbonyl (C=O) groups excluding carboxylic acids is 2. The molecule has 4 aliphatic rings. The summed E-state index contributed by atoms with van der Waals surface area (Å²) in [6, 6.07) is 21.4. The number of benzene rings is 3. The molecular weight excluding hydrogens is 454 g/mol. The van der Waals surface area contributed by atoms with Gasteiger partial charge in [-0.05, 0) is 91.3 Å². The van der Waals surface area contributed by atoms with E-state index in [0.29, 0.717) is 23.1 Å². The van der Waals surface area contributed by atoms with Crippen LogP contribution in [0.1, 0.15) is 81.0 Å². The summed E-state index contributed by atoms with van der Waals surface area (Å²) in [7, 11) is 0. The molecule has 1 aliphatic heterocycles. The van der Waals surface area contributed by atoms with Crippen molar-refractivity contribution in [2.45, 2.75) is 51.0 Å². The third-order valence-electron chi connectivity index (χ3n) is 8.46. The number of rotatable bonds is 3. The van der Waals surface area contributed by atoms with Crippen molar-refractivity contribution in [2.75, 3.05) is 4.90 Å². The summed E-state index contributed by atoms with van der Waals surface area (Å²) in [5.41, 5.74) is 9.66. The molecule has 37 heavy (non-hydrogen) atoms. The zero-order valence-corrected chi connectivity index (χ0v) is 21.0. The molecule has 1 heterocycles. The molecule has 0 N–H and O–H groups in total. The standard InChI is InChI=1S/C34H29NO2/c1-21-10-16-27-29(18-21)34(37)30(33(27)36)20-22-11-17-32-28(19-22)26-8-5-9-31(26)35(32)25-14-12-24(13-15-25)23-6-3-2-4-7-23/h3,6-7,10-20,26,31H,2,4-5,8-9H2,1H3/b30-20-. The van der Waals surface area contributed by atoms with Gasteiger partial charge in [0.2, 0.25) is 0 Å². The minimum Gasteiger partial charge on any atom is -0.338 e. The molecule has 0 spiro atoms. The summed E-state index contributed by atoms with van der Waals surface area (Å²) in [5.74, 6) is 0.156. The predicted molar refractivity (Wildman–Crippen MR) is 150 cm³/mol. The van der Waals surface area contributed by atoms with Crippen LogP contribution in [0.2, 0.25) is 0 Å². The molecule has 3 aliphatic carbocycles. The van der Waals surface area contributed by atoms with E-state index >= 15 is 0 Å². The van der Waals surface area contributed by atoms with Gasteiger partial charge in [0.15, 0.2) is 11.6 Å². The molecule has 3 aromatic carbocycles. The summed E-state index contributed by atoms with van der Waals surface area (Å²) >= 11 is 0. The van der Waals surface area contributed by atoms with Crippen molar-refractivity contribution in [1.29, 1.82) is 0 Å². The lowest BCUT2D eigenvalue weighted by molar-refractivity contribution is 0.0990. The number of anilines is 2. The molecule has 0 amide bonds. The number of allylic oxidation sites excluding steroid dienone is 5. The molecular formula is C34H29NO2. The zero-order chi connectivity index (χ0) is 25.1. The molecule has 3 aromatic rings. The molecule has 3 heteroatoms. The third-order valence-corrected chi connectivity index (χ3v) is 8.46. The van der Waals surface area contributed by atoms with E-state index in [-0.39, 0.29) is 17.1 Å². The van der Waals surface area contributed by atoms with Crippen LogP contribution in [0.3, 0.4) is 0 Å². The predicted octanol–water partition coefficient (Wildman–Crippen LogP) is 7.98. The maximum Gasteiger partial charge on any atom is 0.197 e. The number of carbonyl (C=O) groups is 2. The Morgan fingerprint density at radius 2 is 1.70 bits per heavy atom. The molecule has 1 saturated carbocycles. The van der Waals surface area contributed by atoms with Gasteiger partial charge in [0.05, 0.1) is 5.57 Å². The highest BCUT2D eigenvalue weighted by Crippen LogP contribution is 2.52. The van der Waals surface area contributed by atoms with Crippen LogP contribution in [-0.4, -0.2) is 17.6 Å². The lowest BCUT2D eigenvalue weighted by atomic mass is 9.95. The van der Waals surface area contributed by atoms with E-state index in [2.05, 4.69) is 65.6 Å². The molecule has 3 nitrogen and oxygen atoms in total. The first kappa shape index (κ1) is 22.2. The van der Waals surface area contributed by atoms with E-state index in [1.54, 1.807) is 12.1 Å². The molecule has 0 radical (unpaired) electrons. The topological polar surface area (TPSA) is 37.4 Å². The second-order valence-electron chi connectivity index (χ2n) is 10.7. The van der Waals surface area contributed by atoms with E-state index in [1.165, 1.54) is 47.3 Å². The first-order valence-corrected chi connectivity index (χ1v) is 13.4. The SMILES string of the molecule is Cc1ccc2c(c1)C(=O)/C(=C\c1ccc3c(c1)C1CCCC1N3c1ccc(C3=CCCC=C3)cc1)C2=O. The van der Waals surface area contributed by atoms with Gasteiger partial charge in [-0.15, -0.1) is 0 Å². The number of nitrogens with zero attached hydrogens (tertiary/aromatic N) is 1. The summed E-state index contributed by atoms with van der Waals surface area (Å²) in [6.45, 7) is 1.95. The summed E-state index contributed by atoms with van der Waals surface area (Å²) in [5, 5.41) is 0. The van der Waals surface area contributed by atoms with Crippen LogP contribution in [0, 0.1) is 6.92 Å². The van der Waals surface area contributed by atoms with Crippen molar-refractivity contribution in [3.8, 4) is 0 Å². The van der Waals surface area contributed by atoms with Gasteiger partial charge in [-0.25, -0.2) is 0 Å². The Hall–Kier alpha value is -3.98.